The average Bonchev–Trinajstić information content (AvgIpc) is 3.35. The van der Waals surface area contributed by atoms with Gasteiger partial charge in [-0.3, -0.25) is 4.79 Å². The molecule has 4 rings (SSSR count). The molecule has 1 aliphatic rings. The smallest absolute Gasteiger partial charge is 0.227 e. The summed E-state index contributed by atoms with van der Waals surface area (Å²) in [6.45, 7) is 1.40. The Labute approximate surface area is 147 Å². The number of amides is 1. The number of aromatic nitrogens is 1. The SMILES string of the molecule is O=C(Cc1ccc(-n2cccc2)cc1)N1CC=C(c2ccccc2)C1. The van der Waals surface area contributed by atoms with E-state index in [0.717, 1.165) is 11.3 Å². The van der Waals surface area contributed by atoms with Gasteiger partial charge in [0.1, 0.15) is 0 Å². The summed E-state index contributed by atoms with van der Waals surface area (Å²) in [6, 6.07) is 22.5. The van der Waals surface area contributed by atoms with Crippen LogP contribution in [-0.4, -0.2) is 28.5 Å². The van der Waals surface area contributed by atoms with Gasteiger partial charge in [-0.05, 0) is 41.0 Å². The summed E-state index contributed by atoms with van der Waals surface area (Å²) in [4.78, 5) is 14.5. The molecule has 25 heavy (non-hydrogen) atoms. The highest BCUT2D eigenvalue weighted by atomic mass is 16.2. The Bertz CT molecular complexity index is 878. The highest BCUT2D eigenvalue weighted by Gasteiger charge is 2.20. The lowest BCUT2D eigenvalue weighted by atomic mass is 10.1. The van der Waals surface area contributed by atoms with Crippen molar-refractivity contribution in [3.8, 4) is 5.69 Å². The Kier molecular flexibility index (Phi) is 4.21. The van der Waals surface area contributed by atoms with E-state index in [-0.39, 0.29) is 5.91 Å². The van der Waals surface area contributed by atoms with E-state index in [0.29, 0.717) is 19.5 Å². The minimum Gasteiger partial charge on any atom is -0.334 e. The monoisotopic (exact) mass is 328 g/mol. The van der Waals surface area contributed by atoms with E-state index in [4.69, 9.17) is 0 Å². The van der Waals surface area contributed by atoms with Crippen LogP contribution in [0.3, 0.4) is 0 Å². The standard InChI is InChI=1S/C22H20N2O/c25-22(24-15-12-20(17-24)19-6-2-1-3-7-19)16-18-8-10-21(11-9-18)23-13-4-5-14-23/h1-14H,15-17H2. The molecule has 3 nitrogen and oxygen atoms in total. The number of nitrogens with zero attached hydrogens (tertiary/aromatic N) is 2. The lowest BCUT2D eigenvalue weighted by molar-refractivity contribution is -0.129. The first-order chi connectivity index (χ1) is 12.3. The van der Waals surface area contributed by atoms with Crippen molar-refractivity contribution in [3.63, 3.8) is 0 Å². The molecule has 0 fully saturated rings. The van der Waals surface area contributed by atoms with Gasteiger partial charge in [-0.2, -0.15) is 0 Å². The molecule has 0 saturated heterocycles. The zero-order chi connectivity index (χ0) is 17.1. The van der Waals surface area contributed by atoms with Gasteiger partial charge in [-0.25, -0.2) is 0 Å². The topological polar surface area (TPSA) is 25.2 Å². The van der Waals surface area contributed by atoms with Crippen molar-refractivity contribution in [2.75, 3.05) is 13.1 Å². The zero-order valence-electron chi connectivity index (χ0n) is 14.0. The third-order valence-electron chi connectivity index (χ3n) is 4.61. The molecule has 0 bridgehead atoms. The summed E-state index contributed by atoms with van der Waals surface area (Å²) in [6.07, 6.45) is 6.63. The normalized spacial score (nSPS) is 13.8. The van der Waals surface area contributed by atoms with Crippen LogP contribution in [-0.2, 0) is 11.2 Å². The average molecular weight is 328 g/mol. The molecule has 2 heterocycles. The quantitative estimate of drug-likeness (QED) is 0.712. The molecule has 124 valence electrons. The first kappa shape index (κ1) is 15.5. The maximum absolute atomic E-state index is 12.6. The van der Waals surface area contributed by atoms with E-state index < -0.39 is 0 Å². The second-order valence-corrected chi connectivity index (χ2v) is 6.30. The van der Waals surface area contributed by atoms with Crippen molar-refractivity contribution in [1.82, 2.24) is 9.47 Å². The largest absolute Gasteiger partial charge is 0.334 e. The molecule has 1 amide bonds. The van der Waals surface area contributed by atoms with Crippen LogP contribution in [0.1, 0.15) is 11.1 Å². The van der Waals surface area contributed by atoms with E-state index in [2.05, 4.69) is 34.9 Å². The molecule has 2 aromatic carbocycles. The fourth-order valence-corrected chi connectivity index (χ4v) is 3.19. The van der Waals surface area contributed by atoms with Crippen molar-refractivity contribution < 1.29 is 4.79 Å². The predicted molar refractivity (Wildman–Crippen MR) is 100 cm³/mol. The van der Waals surface area contributed by atoms with Gasteiger partial charge in [0.15, 0.2) is 0 Å². The molecule has 3 heteroatoms. The van der Waals surface area contributed by atoms with E-state index in [1.54, 1.807) is 0 Å². The summed E-state index contributed by atoms with van der Waals surface area (Å²) < 4.78 is 2.06. The summed E-state index contributed by atoms with van der Waals surface area (Å²) in [7, 11) is 0. The van der Waals surface area contributed by atoms with E-state index in [1.807, 2.05) is 59.8 Å². The van der Waals surface area contributed by atoms with Gasteiger partial charge in [0, 0.05) is 31.2 Å². The lowest BCUT2D eigenvalue weighted by Crippen LogP contribution is -2.30. The second kappa shape index (κ2) is 6.81. The van der Waals surface area contributed by atoms with Crippen molar-refractivity contribution in [1.29, 1.82) is 0 Å². The van der Waals surface area contributed by atoms with Crippen LogP contribution in [0.2, 0.25) is 0 Å². The molecular formula is C22H20N2O. The number of benzene rings is 2. The van der Waals surface area contributed by atoms with E-state index in [9.17, 15) is 4.79 Å². The molecule has 1 aliphatic heterocycles. The van der Waals surface area contributed by atoms with E-state index >= 15 is 0 Å². The molecule has 0 atom stereocenters. The van der Waals surface area contributed by atoms with Crippen LogP contribution in [0.4, 0.5) is 0 Å². The maximum Gasteiger partial charge on any atom is 0.227 e. The van der Waals surface area contributed by atoms with Gasteiger partial charge in [0.05, 0.1) is 6.42 Å². The van der Waals surface area contributed by atoms with Gasteiger partial charge in [0.2, 0.25) is 5.91 Å². The molecule has 0 unspecified atom stereocenters. The van der Waals surface area contributed by atoms with E-state index in [1.165, 1.54) is 11.1 Å². The van der Waals surface area contributed by atoms with Crippen LogP contribution in [0.5, 0.6) is 0 Å². The molecular weight excluding hydrogens is 308 g/mol. The molecule has 0 N–H and O–H groups in total. The number of rotatable bonds is 4. The van der Waals surface area contributed by atoms with Crippen LogP contribution in [0.25, 0.3) is 11.3 Å². The number of carbonyl (C=O) groups excluding carboxylic acids is 1. The van der Waals surface area contributed by atoms with Gasteiger partial charge in [-0.15, -0.1) is 0 Å². The van der Waals surface area contributed by atoms with Gasteiger partial charge >= 0.3 is 0 Å². The molecule has 0 radical (unpaired) electrons. The van der Waals surface area contributed by atoms with Crippen LogP contribution < -0.4 is 0 Å². The first-order valence-electron chi connectivity index (χ1n) is 8.54. The third-order valence-corrected chi connectivity index (χ3v) is 4.61. The minimum atomic E-state index is 0.177. The Morgan fingerprint density at radius 1 is 0.880 bits per heavy atom. The summed E-state index contributed by atoms with van der Waals surface area (Å²) in [5.41, 5.74) is 4.59. The third kappa shape index (κ3) is 3.41. The van der Waals surface area contributed by atoms with Crippen molar-refractivity contribution in [2.24, 2.45) is 0 Å². The summed E-state index contributed by atoms with van der Waals surface area (Å²) >= 11 is 0. The Hall–Kier alpha value is -3.07. The van der Waals surface area contributed by atoms with Crippen molar-refractivity contribution in [2.45, 2.75) is 6.42 Å². The van der Waals surface area contributed by atoms with Crippen molar-refractivity contribution in [3.05, 3.63) is 96.3 Å². The predicted octanol–water partition coefficient (Wildman–Crippen LogP) is 3.95. The fourth-order valence-electron chi connectivity index (χ4n) is 3.19. The number of carbonyl (C=O) groups is 1. The molecule has 0 aliphatic carbocycles. The molecule has 3 aromatic rings. The van der Waals surface area contributed by atoms with Gasteiger partial charge in [-0.1, -0.05) is 48.5 Å². The van der Waals surface area contributed by atoms with Crippen molar-refractivity contribution >= 4 is 11.5 Å². The van der Waals surface area contributed by atoms with Gasteiger partial charge < -0.3 is 9.47 Å². The number of hydrogen-bond donors (Lipinski definition) is 0. The van der Waals surface area contributed by atoms with Crippen LogP contribution in [0.15, 0.2) is 85.2 Å². The maximum atomic E-state index is 12.6. The number of hydrogen-bond acceptors (Lipinski definition) is 1. The first-order valence-corrected chi connectivity index (χ1v) is 8.54. The molecule has 0 spiro atoms. The lowest BCUT2D eigenvalue weighted by Gasteiger charge is -2.17. The van der Waals surface area contributed by atoms with Crippen LogP contribution >= 0.6 is 0 Å². The Morgan fingerprint density at radius 3 is 2.32 bits per heavy atom. The Balaban J connectivity index is 1.38. The summed E-state index contributed by atoms with van der Waals surface area (Å²) in [5.74, 6) is 0.177. The fraction of sp³-hybridized carbons (Fsp3) is 0.136. The second-order valence-electron chi connectivity index (χ2n) is 6.30. The summed E-state index contributed by atoms with van der Waals surface area (Å²) in [5, 5.41) is 0. The molecule has 1 aromatic heterocycles. The van der Waals surface area contributed by atoms with Gasteiger partial charge in [0.25, 0.3) is 0 Å². The minimum absolute atomic E-state index is 0.177. The molecule has 0 saturated carbocycles. The highest BCUT2D eigenvalue weighted by Crippen LogP contribution is 2.21. The zero-order valence-corrected chi connectivity index (χ0v) is 14.0. The Morgan fingerprint density at radius 2 is 1.60 bits per heavy atom. The highest BCUT2D eigenvalue weighted by molar-refractivity contribution is 5.83. The van der Waals surface area contributed by atoms with Crippen LogP contribution in [0, 0.1) is 0 Å².